The molecular formula is C19H19FN2O2. The summed E-state index contributed by atoms with van der Waals surface area (Å²) in [6.45, 7) is 0. The third-order valence-electron chi connectivity index (χ3n) is 5.34. The van der Waals surface area contributed by atoms with Gasteiger partial charge < -0.3 is 9.88 Å². The van der Waals surface area contributed by atoms with Crippen LogP contribution < -0.4 is 5.56 Å². The Balaban J connectivity index is 1.54. The van der Waals surface area contributed by atoms with Crippen LogP contribution in [0.15, 0.2) is 47.4 Å². The number of hydrogen-bond donors (Lipinski definition) is 1. The van der Waals surface area contributed by atoms with Crippen molar-refractivity contribution >= 4 is 5.91 Å². The second-order valence-electron chi connectivity index (χ2n) is 6.76. The quantitative estimate of drug-likeness (QED) is 0.922. The second kappa shape index (κ2) is 5.89. The fourth-order valence-corrected chi connectivity index (χ4v) is 4.21. The van der Waals surface area contributed by atoms with Gasteiger partial charge in [-0.25, -0.2) is 4.39 Å². The summed E-state index contributed by atoms with van der Waals surface area (Å²) in [5, 5.41) is 0. The number of H-pyrrole nitrogens is 1. The molecule has 2 aliphatic heterocycles. The van der Waals surface area contributed by atoms with Gasteiger partial charge in [0.1, 0.15) is 5.82 Å². The summed E-state index contributed by atoms with van der Waals surface area (Å²) in [5.41, 5.74) is 1.49. The van der Waals surface area contributed by atoms with Crippen molar-refractivity contribution in [2.45, 2.75) is 43.7 Å². The van der Waals surface area contributed by atoms with Crippen molar-refractivity contribution in [3.05, 3.63) is 69.9 Å². The van der Waals surface area contributed by atoms with E-state index < -0.39 is 0 Å². The molecule has 0 radical (unpaired) electrons. The lowest BCUT2D eigenvalue weighted by molar-refractivity contribution is 0.0571. The number of aromatic nitrogens is 1. The van der Waals surface area contributed by atoms with Crippen molar-refractivity contribution in [2.75, 3.05) is 0 Å². The number of carbonyl (C=O) groups is 1. The lowest BCUT2D eigenvalue weighted by Gasteiger charge is -2.39. The molecule has 4 rings (SSSR count). The molecule has 124 valence electrons. The number of benzene rings is 1. The number of nitrogens with zero attached hydrogens (tertiary/aromatic N) is 1. The monoisotopic (exact) mass is 326 g/mol. The van der Waals surface area contributed by atoms with Gasteiger partial charge >= 0.3 is 0 Å². The van der Waals surface area contributed by atoms with Crippen LogP contribution in [0.2, 0.25) is 0 Å². The number of carbonyl (C=O) groups excluding carboxylic acids is 1. The average molecular weight is 326 g/mol. The topological polar surface area (TPSA) is 53.2 Å². The molecule has 2 saturated heterocycles. The highest BCUT2D eigenvalue weighted by atomic mass is 19.1. The van der Waals surface area contributed by atoms with Crippen LogP contribution in [0.1, 0.15) is 47.5 Å². The van der Waals surface area contributed by atoms with Crippen LogP contribution in [0.4, 0.5) is 4.39 Å². The van der Waals surface area contributed by atoms with E-state index in [4.69, 9.17) is 0 Å². The molecule has 3 heterocycles. The zero-order valence-corrected chi connectivity index (χ0v) is 13.2. The number of piperidine rings is 1. The third kappa shape index (κ3) is 2.64. The van der Waals surface area contributed by atoms with Crippen LogP contribution in [-0.2, 0) is 0 Å². The van der Waals surface area contributed by atoms with E-state index in [2.05, 4.69) is 4.98 Å². The molecule has 0 spiro atoms. The second-order valence-corrected chi connectivity index (χ2v) is 6.76. The van der Waals surface area contributed by atoms with Crippen LogP contribution in [-0.4, -0.2) is 27.9 Å². The summed E-state index contributed by atoms with van der Waals surface area (Å²) in [4.78, 5) is 28.6. The predicted molar refractivity (Wildman–Crippen MR) is 88.4 cm³/mol. The van der Waals surface area contributed by atoms with E-state index in [1.54, 1.807) is 6.07 Å². The molecule has 2 bridgehead atoms. The summed E-state index contributed by atoms with van der Waals surface area (Å²) in [7, 11) is 0. The summed E-state index contributed by atoms with van der Waals surface area (Å²) in [6.07, 6.45) is 5.35. The zero-order valence-electron chi connectivity index (χ0n) is 13.2. The van der Waals surface area contributed by atoms with Crippen LogP contribution in [0.25, 0.3) is 0 Å². The predicted octanol–water partition coefficient (Wildman–Crippen LogP) is 3.06. The third-order valence-corrected chi connectivity index (χ3v) is 5.34. The first-order valence-corrected chi connectivity index (χ1v) is 8.38. The molecule has 24 heavy (non-hydrogen) atoms. The number of hydrogen-bond acceptors (Lipinski definition) is 2. The Hall–Kier alpha value is -2.43. The summed E-state index contributed by atoms with van der Waals surface area (Å²) >= 11 is 0. The first-order chi connectivity index (χ1) is 11.6. The van der Waals surface area contributed by atoms with Crippen molar-refractivity contribution < 1.29 is 9.18 Å². The first kappa shape index (κ1) is 15.1. The molecule has 2 fully saturated rings. The van der Waals surface area contributed by atoms with Crippen molar-refractivity contribution in [3.8, 4) is 0 Å². The normalized spacial score (nSPS) is 25.7. The van der Waals surface area contributed by atoms with Crippen LogP contribution >= 0.6 is 0 Å². The van der Waals surface area contributed by atoms with Gasteiger partial charge in [0.2, 0.25) is 5.56 Å². The number of amides is 1. The van der Waals surface area contributed by atoms with Gasteiger partial charge in [0, 0.05) is 24.3 Å². The molecule has 2 aliphatic rings. The van der Waals surface area contributed by atoms with Gasteiger partial charge in [-0.15, -0.1) is 0 Å². The molecule has 0 aliphatic carbocycles. The Morgan fingerprint density at radius 3 is 2.29 bits per heavy atom. The first-order valence-electron chi connectivity index (χ1n) is 8.38. The minimum Gasteiger partial charge on any atom is -0.333 e. The van der Waals surface area contributed by atoms with Gasteiger partial charge in [-0.05, 0) is 55.4 Å². The maximum Gasteiger partial charge on any atom is 0.255 e. The molecule has 2 aromatic rings. The Labute approximate surface area is 139 Å². The molecule has 1 amide bonds. The van der Waals surface area contributed by atoms with Gasteiger partial charge in [0.15, 0.2) is 0 Å². The highest BCUT2D eigenvalue weighted by molar-refractivity contribution is 5.94. The maximum absolute atomic E-state index is 13.1. The number of halogens is 1. The number of rotatable bonds is 2. The maximum atomic E-state index is 13.1. The lowest BCUT2D eigenvalue weighted by Crippen LogP contribution is -2.46. The molecule has 5 heteroatoms. The van der Waals surface area contributed by atoms with E-state index >= 15 is 0 Å². The summed E-state index contributed by atoms with van der Waals surface area (Å²) in [6, 6.07) is 10.2. The average Bonchev–Trinajstić information content (AvgIpc) is 2.85. The molecule has 2 atom stereocenters. The van der Waals surface area contributed by atoms with E-state index in [-0.39, 0.29) is 29.4 Å². The fraction of sp³-hybridized carbons (Fsp3) is 0.368. The van der Waals surface area contributed by atoms with Gasteiger partial charge in [0.25, 0.3) is 5.91 Å². The molecule has 1 aromatic carbocycles. The Bertz CT molecular complexity index is 780. The van der Waals surface area contributed by atoms with Crippen molar-refractivity contribution in [2.24, 2.45) is 0 Å². The minimum absolute atomic E-state index is 0.00342. The molecule has 0 saturated carbocycles. The summed E-state index contributed by atoms with van der Waals surface area (Å²) < 4.78 is 13.1. The molecule has 1 aromatic heterocycles. The Morgan fingerprint density at radius 2 is 1.71 bits per heavy atom. The smallest absolute Gasteiger partial charge is 0.255 e. The largest absolute Gasteiger partial charge is 0.333 e. The molecule has 1 N–H and O–H groups in total. The SMILES string of the molecule is O=C(c1ccc(=O)[nH]c1)N1C2CCC1CC(c1ccc(F)cc1)C2. The minimum atomic E-state index is -0.215. The standard InChI is InChI=1S/C19H19FN2O2/c20-15-4-1-12(2-5-15)14-9-16-6-7-17(10-14)22(16)19(24)13-3-8-18(23)21-11-13/h1-5,8,11,14,16-17H,6-7,9-10H2,(H,21,23). The van der Waals surface area contributed by atoms with Crippen LogP contribution in [0.5, 0.6) is 0 Å². The van der Waals surface area contributed by atoms with Gasteiger partial charge in [0.05, 0.1) is 5.56 Å². The van der Waals surface area contributed by atoms with E-state index in [9.17, 15) is 14.0 Å². The number of aromatic amines is 1. The van der Waals surface area contributed by atoms with Crippen molar-refractivity contribution in [1.82, 2.24) is 9.88 Å². The van der Waals surface area contributed by atoms with E-state index in [0.717, 1.165) is 31.2 Å². The van der Waals surface area contributed by atoms with Gasteiger partial charge in [-0.1, -0.05) is 12.1 Å². The Kier molecular flexibility index (Phi) is 3.71. The molecular weight excluding hydrogens is 307 g/mol. The van der Waals surface area contributed by atoms with Gasteiger partial charge in [-0.2, -0.15) is 0 Å². The Morgan fingerprint density at radius 1 is 1.04 bits per heavy atom. The zero-order chi connectivity index (χ0) is 16.7. The number of fused-ring (bicyclic) bond motifs is 2. The number of nitrogens with one attached hydrogen (secondary N) is 1. The highest BCUT2D eigenvalue weighted by Crippen LogP contribution is 2.43. The van der Waals surface area contributed by atoms with Crippen molar-refractivity contribution in [1.29, 1.82) is 0 Å². The van der Waals surface area contributed by atoms with E-state index in [0.29, 0.717) is 11.5 Å². The molecule has 2 unspecified atom stereocenters. The lowest BCUT2D eigenvalue weighted by atomic mass is 9.85. The summed E-state index contributed by atoms with van der Waals surface area (Å²) in [5.74, 6) is 0.159. The van der Waals surface area contributed by atoms with E-state index in [1.807, 2.05) is 17.0 Å². The van der Waals surface area contributed by atoms with E-state index in [1.165, 1.54) is 24.4 Å². The fourth-order valence-electron chi connectivity index (χ4n) is 4.21. The van der Waals surface area contributed by atoms with Crippen molar-refractivity contribution in [3.63, 3.8) is 0 Å². The highest BCUT2D eigenvalue weighted by Gasteiger charge is 2.43. The molecule has 4 nitrogen and oxygen atoms in total. The number of pyridine rings is 1. The van der Waals surface area contributed by atoms with Crippen LogP contribution in [0, 0.1) is 5.82 Å². The van der Waals surface area contributed by atoms with Gasteiger partial charge in [-0.3, -0.25) is 9.59 Å². The van der Waals surface area contributed by atoms with Crippen LogP contribution in [0.3, 0.4) is 0 Å².